The van der Waals surface area contributed by atoms with E-state index in [9.17, 15) is 5.11 Å². The van der Waals surface area contributed by atoms with Gasteiger partial charge in [0.05, 0.1) is 32.1 Å². The van der Waals surface area contributed by atoms with Gasteiger partial charge in [-0.2, -0.15) is 0 Å². The first-order valence-electron chi connectivity index (χ1n) is 10.4. The Labute approximate surface area is 195 Å². The quantitative estimate of drug-likeness (QED) is 0.190. The lowest BCUT2D eigenvalue weighted by molar-refractivity contribution is 0.0376. The Kier molecular flexibility index (Phi) is 11.8. The standard InChI is InChI=1S/C22H32N4O3.HI/c27-21(19-6-2-1-3-7-19)18-25-22(24-11-9-20-8-4-15-29-20)23-10-5-12-26-13-16-28-17-14-26;/h1-4,6-8,15,21,27H,5,9-14,16-18H2,(H2,23,24,25);1H. The lowest BCUT2D eigenvalue weighted by Crippen LogP contribution is -2.41. The van der Waals surface area contributed by atoms with Gasteiger partial charge >= 0.3 is 0 Å². The maximum atomic E-state index is 10.4. The van der Waals surface area contributed by atoms with Crippen LogP contribution in [0.4, 0.5) is 0 Å². The van der Waals surface area contributed by atoms with E-state index < -0.39 is 6.10 Å². The molecule has 1 aromatic heterocycles. The monoisotopic (exact) mass is 528 g/mol. The molecule has 2 heterocycles. The molecule has 7 nitrogen and oxygen atoms in total. The number of hydrogen-bond donors (Lipinski definition) is 3. The van der Waals surface area contributed by atoms with Gasteiger partial charge in [-0.1, -0.05) is 30.3 Å². The highest BCUT2D eigenvalue weighted by molar-refractivity contribution is 14.0. The number of aliphatic imine (C=N–C) groups is 1. The smallest absolute Gasteiger partial charge is 0.191 e. The van der Waals surface area contributed by atoms with Crippen molar-refractivity contribution in [1.82, 2.24) is 15.5 Å². The largest absolute Gasteiger partial charge is 0.469 e. The predicted molar refractivity (Wildman–Crippen MR) is 129 cm³/mol. The van der Waals surface area contributed by atoms with Gasteiger partial charge in [-0.15, -0.1) is 24.0 Å². The number of rotatable bonds is 10. The van der Waals surface area contributed by atoms with Gasteiger partial charge in [0, 0.05) is 32.6 Å². The number of guanidine groups is 1. The zero-order valence-corrected chi connectivity index (χ0v) is 19.7. The number of ether oxygens (including phenoxy) is 1. The minimum Gasteiger partial charge on any atom is -0.469 e. The Balaban J connectivity index is 0.00000320. The summed E-state index contributed by atoms with van der Waals surface area (Å²) in [5, 5.41) is 17.1. The Morgan fingerprint density at radius 3 is 2.57 bits per heavy atom. The molecule has 0 aliphatic carbocycles. The minimum absolute atomic E-state index is 0. The van der Waals surface area contributed by atoms with Gasteiger partial charge < -0.3 is 24.9 Å². The number of benzene rings is 1. The third kappa shape index (κ3) is 9.03. The van der Waals surface area contributed by atoms with Crippen molar-refractivity contribution in [3.8, 4) is 0 Å². The molecule has 1 aromatic carbocycles. The van der Waals surface area contributed by atoms with Gasteiger partial charge in [0.25, 0.3) is 0 Å². The van der Waals surface area contributed by atoms with Crippen LogP contribution < -0.4 is 10.6 Å². The van der Waals surface area contributed by atoms with E-state index in [0.29, 0.717) is 19.0 Å². The van der Waals surface area contributed by atoms with Crippen LogP contribution in [0.5, 0.6) is 0 Å². The molecule has 1 fully saturated rings. The van der Waals surface area contributed by atoms with Crippen LogP contribution in [0, 0.1) is 0 Å². The summed E-state index contributed by atoms with van der Waals surface area (Å²) in [7, 11) is 0. The van der Waals surface area contributed by atoms with E-state index in [4.69, 9.17) is 9.15 Å². The number of nitrogens with one attached hydrogen (secondary N) is 2. The van der Waals surface area contributed by atoms with Gasteiger partial charge in [-0.05, 0) is 30.7 Å². The van der Waals surface area contributed by atoms with Crippen LogP contribution in [0.2, 0.25) is 0 Å². The Morgan fingerprint density at radius 2 is 1.83 bits per heavy atom. The summed E-state index contributed by atoms with van der Waals surface area (Å²) in [5.74, 6) is 1.65. The molecule has 0 saturated carbocycles. The second-order valence-electron chi connectivity index (χ2n) is 7.11. The zero-order valence-electron chi connectivity index (χ0n) is 17.3. The zero-order chi connectivity index (χ0) is 20.2. The van der Waals surface area contributed by atoms with Crippen molar-refractivity contribution < 1.29 is 14.3 Å². The van der Waals surface area contributed by atoms with Crippen molar-refractivity contribution in [2.45, 2.75) is 18.9 Å². The van der Waals surface area contributed by atoms with Gasteiger partial charge in [0.15, 0.2) is 5.96 Å². The molecule has 0 radical (unpaired) electrons. The Bertz CT molecular complexity index is 706. The molecule has 30 heavy (non-hydrogen) atoms. The molecule has 166 valence electrons. The molecular formula is C22H33IN4O3. The molecule has 0 spiro atoms. The average molecular weight is 528 g/mol. The molecule has 3 rings (SSSR count). The fourth-order valence-electron chi connectivity index (χ4n) is 3.23. The van der Waals surface area contributed by atoms with Crippen LogP contribution in [0.25, 0.3) is 0 Å². The molecule has 3 N–H and O–H groups in total. The van der Waals surface area contributed by atoms with Crippen LogP contribution in [0.3, 0.4) is 0 Å². The topological polar surface area (TPSA) is 82.3 Å². The number of aliphatic hydroxyl groups is 1. The van der Waals surface area contributed by atoms with E-state index in [-0.39, 0.29) is 24.0 Å². The van der Waals surface area contributed by atoms with E-state index in [1.54, 1.807) is 6.26 Å². The van der Waals surface area contributed by atoms with E-state index >= 15 is 0 Å². The molecule has 1 unspecified atom stereocenters. The fraction of sp³-hybridized carbons (Fsp3) is 0.500. The SMILES string of the molecule is I.OC(CN=C(NCCCN1CCOCC1)NCCc1ccco1)c1ccccc1. The summed E-state index contributed by atoms with van der Waals surface area (Å²) in [5.41, 5.74) is 0.874. The molecule has 1 aliphatic heterocycles. The van der Waals surface area contributed by atoms with Gasteiger partial charge in [-0.25, -0.2) is 0 Å². The molecule has 1 aliphatic rings. The van der Waals surface area contributed by atoms with Gasteiger partial charge in [0.1, 0.15) is 5.76 Å². The van der Waals surface area contributed by atoms with Crippen LogP contribution >= 0.6 is 24.0 Å². The van der Waals surface area contributed by atoms with E-state index in [2.05, 4.69) is 20.5 Å². The highest BCUT2D eigenvalue weighted by atomic mass is 127. The summed E-state index contributed by atoms with van der Waals surface area (Å²) < 4.78 is 10.8. The van der Waals surface area contributed by atoms with Crippen molar-refractivity contribution in [2.24, 2.45) is 4.99 Å². The molecule has 8 heteroatoms. The molecular weight excluding hydrogens is 495 g/mol. The maximum Gasteiger partial charge on any atom is 0.191 e. The van der Waals surface area contributed by atoms with Crippen LogP contribution in [0.15, 0.2) is 58.1 Å². The summed E-state index contributed by atoms with van der Waals surface area (Å²) in [4.78, 5) is 7.01. The lowest BCUT2D eigenvalue weighted by atomic mass is 10.1. The van der Waals surface area contributed by atoms with Crippen molar-refractivity contribution >= 4 is 29.9 Å². The van der Waals surface area contributed by atoms with E-state index in [1.165, 1.54) is 0 Å². The fourth-order valence-corrected chi connectivity index (χ4v) is 3.23. The minimum atomic E-state index is -0.617. The van der Waals surface area contributed by atoms with Gasteiger partial charge in [0.2, 0.25) is 0 Å². The molecule has 1 saturated heterocycles. The Morgan fingerprint density at radius 1 is 1.07 bits per heavy atom. The van der Waals surface area contributed by atoms with Crippen molar-refractivity contribution in [1.29, 1.82) is 0 Å². The first kappa shape index (κ1) is 24.6. The lowest BCUT2D eigenvalue weighted by Gasteiger charge is -2.26. The van der Waals surface area contributed by atoms with Crippen molar-refractivity contribution in [3.63, 3.8) is 0 Å². The molecule has 0 amide bonds. The molecule has 1 atom stereocenters. The summed E-state index contributed by atoms with van der Waals surface area (Å²) in [6.07, 6.45) is 2.88. The third-order valence-corrected chi connectivity index (χ3v) is 4.90. The Hall–Kier alpha value is -1.62. The summed E-state index contributed by atoms with van der Waals surface area (Å²) >= 11 is 0. The highest BCUT2D eigenvalue weighted by Gasteiger charge is 2.10. The van der Waals surface area contributed by atoms with Crippen molar-refractivity contribution in [3.05, 3.63) is 60.1 Å². The van der Waals surface area contributed by atoms with Crippen LogP contribution in [0.1, 0.15) is 23.8 Å². The summed E-state index contributed by atoms with van der Waals surface area (Å²) in [6.45, 7) is 6.55. The van der Waals surface area contributed by atoms with E-state index in [0.717, 1.165) is 63.6 Å². The van der Waals surface area contributed by atoms with Crippen LogP contribution in [-0.2, 0) is 11.2 Å². The number of halogens is 1. The number of nitrogens with zero attached hydrogens (tertiary/aromatic N) is 2. The molecule has 2 aromatic rings. The highest BCUT2D eigenvalue weighted by Crippen LogP contribution is 2.11. The maximum absolute atomic E-state index is 10.4. The van der Waals surface area contributed by atoms with Crippen molar-refractivity contribution in [2.75, 3.05) is 52.5 Å². The first-order valence-corrected chi connectivity index (χ1v) is 10.4. The number of morpholine rings is 1. The normalized spacial score (nSPS) is 16.0. The second kappa shape index (κ2) is 14.4. The predicted octanol–water partition coefficient (Wildman–Crippen LogP) is 2.43. The summed E-state index contributed by atoms with van der Waals surface area (Å²) in [6, 6.07) is 13.5. The first-order chi connectivity index (χ1) is 14.3. The number of furan rings is 1. The second-order valence-corrected chi connectivity index (χ2v) is 7.11. The van der Waals surface area contributed by atoms with Crippen LogP contribution in [-0.4, -0.2) is 68.4 Å². The average Bonchev–Trinajstić information content (AvgIpc) is 3.29. The van der Waals surface area contributed by atoms with E-state index in [1.807, 2.05) is 42.5 Å². The number of aliphatic hydroxyl groups excluding tert-OH is 1. The number of hydrogen-bond acceptors (Lipinski definition) is 5. The van der Waals surface area contributed by atoms with Gasteiger partial charge in [-0.3, -0.25) is 9.89 Å². The molecule has 0 bridgehead atoms. The third-order valence-electron chi connectivity index (χ3n) is 4.90.